The van der Waals surface area contributed by atoms with Crippen LogP contribution in [0.25, 0.3) is 56.0 Å². The van der Waals surface area contributed by atoms with E-state index in [0.717, 1.165) is 33.9 Å². The van der Waals surface area contributed by atoms with Gasteiger partial charge >= 0.3 is 41.5 Å². The molecular weight excluding hydrogens is 911 g/mol. The van der Waals surface area contributed by atoms with Crippen molar-refractivity contribution in [1.82, 2.24) is 49.1 Å². The van der Waals surface area contributed by atoms with Crippen LogP contribution in [0.15, 0.2) is 90.2 Å². The molecule has 0 spiro atoms. The first-order valence-corrected chi connectivity index (χ1v) is 20.3. The van der Waals surface area contributed by atoms with Crippen molar-refractivity contribution in [3.8, 4) is 51.1 Å². The molecule has 8 rings (SSSR count). The summed E-state index contributed by atoms with van der Waals surface area (Å²) in [6, 6.07) is 18.6. The van der Waals surface area contributed by atoms with Crippen molar-refractivity contribution < 1.29 is 64.3 Å². The molecule has 18 nitrogen and oxygen atoms in total. The number of ether oxygens (including phenoxy) is 5. The van der Waals surface area contributed by atoms with Crippen molar-refractivity contribution in [3.05, 3.63) is 107 Å². The van der Waals surface area contributed by atoms with E-state index in [0.29, 0.717) is 50.7 Å². The number of carbonyl (C=O) groups is 2. The Bertz CT molecular complexity index is 2950. The summed E-state index contributed by atoms with van der Waals surface area (Å²) in [5.74, 6) is 1.12. The van der Waals surface area contributed by atoms with Gasteiger partial charge in [0.05, 0.1) is 45.3 Å². The second-order valence-electron chi connectivity index (χ2n) is 14.0. The first-order chi connectivity index (χ1) is 30.2. The van der Waals surface area contributed by atoms with Crippen LogP contribution in [0, 0.1) is 13.8 Å². The Morgan fingerprint density at radius 2 is 1.26 bits per heavy atom. The number of benzene rings is 2. The molecule has 338 valence electrons. The first-order valence-electron chi connectivity index (χ1n) is 19.4. The number of fused-ring (bicyclic) bond motifs is 2. The zero-order valence-corrected chi connectivity index (χ0v) is 41.0. The number of H-pyrrole nitrogens is 1. The van der Waals surface area contributed by atoms with Gasteiger partial charge < -0.3 is 30.1 Å². The van der Waals surface area contributed by atoms with Gasteiger partial charge in [-0.2, -0.15) is 20.4 Å². The average molecular weight is 964 g/mol. The van der Waals surface area contributed by atoms with Gasteiger partial charge in [0.15, 0.2) is 6.10 Å². The van der Waals surface area contributed by atoms with E-state index in [4.69, 9.17) is 29.0 Å². The van der Waals surface area contributed by atoms with E-state index in [1.807, 2.05) is 81.8 Å². The second-order valence-corrected chi connectivity index (χ2v) is 15.4. The number of hydrogen-bond donors (Lipinski definition) is 1. The number of aromatic nitrogens is 10. The maximum atomic E-state index is 12.3. The molecule has 0 radical (unpaired) electrons. The van der Waals surface area contributed by atoms with Crippen LogP contribution in [0.5, 0.6) is 17.2 Å². The van der Waals surface area contributed by atoms with Crippen molar-refractivity contribution >= 4 is 49.9 Å². The third-order valence-corrected chi connectivity index (χ3v) is 9.99. The molecule has 0 amide bonds. The van der Waals surface area contributed by atoms with E-state index in [-0.39, 0.29) is 54.6 Å². The van der Waals surface area contributed by atoms with Crippen LogP contribution < -0.4 is 49.2 Å². The maximum absolute atomic E-state index is 12.3. The summed E-state index contributed by atoms with van der Waals surface area (Å²) in [4.78, 5) is 42.2. The van der Waals surface area contributed by atoms with E-state index in [9.17, 15) is 14.4 Å². The number of alkyl halides is 1. The van der Waals surface area contributed by atoms with Crippen LogP contribution in [0.2, 0.25) is 0 Å². The standard InChI is InChI=1S/C22H23N5O4.C18H17N5O2.C4H7BrO2.CH4.Na.H/c1-13-11-18(31-14(2)22(28)30-5)21-20(24-13)19(25-26(21)3)16-8-7-15(12-17(16)29-4)27-10-6-9-23-27;1-11-9-14(24)18-17(20-11)16(21-22(18)2)13-6-5-12(10-15(13)25-3)23-8-4-7-19-23;1-3(5)4(6)7-2;;;/h6-12,14H,1-5H3;4-10H,1-3H3,(H,20,24);3H,1-2H3;1H4;;/q;;;;+1;-1. The van der Waals surface area contributed by atoms with Crippen LogP contribution in [0.4, 0.5) is 0 Å². The van der Waals surface area contributed by atoms with Crippen molar-refractivity contribution in [3.63, 3.8) is 0 Å². The summed E-state index contributed by atoms with van der Waals surface area (Å²) in [5.41, 5.74) is 8.73. The Balaban J connectivity index is 0.000000299. The molecule has 8 aromatic rings. The maximum Gasteiger partial charge on any atom is 1.00 e. The predicted octanol–water partition coefficient (Wildman–Crippen LogP) is 4.21. The third kappa shape index (κ3) is 11.3. The summed E-state index contributed by atoms with van der Waals surface area (Å²) < 4.78 is 33.0. The zero-order chi connectivity index (χ0) is 45.5. The Morgan fingerprint density at radius 1 is 0.738 bits per heavy atom. The summed E-state index contributed by atoms with van der Waals surface area (Å²) in [6.07, 6.45) is 6.40. The third-order valence-electron chi connectivity index (χ3n) is 9.62. The fourth-order valence-electron chi connectivity index (χ4n) is 6.69. The molecule has 1 N–H and O–H groups in total. The molecule has 0 aliphatic rings. The molecule has 0 saturated heterocycles. The number of halogens is 1. The molecule has 6 heterocycles. The van der Waals surface area contributed by atoms with Crippen LogP contribution in [-0.2, 0) is 33.2 Å². The predicted molar refractivity (Wildman–Crippen MR) is 248 cm³/mol. The molecule has 0 fully saturated rings. The molecule has 20 heteroatoms. The van der Waals surface area contributed by atoms with Gasteiger partial charge in [0.2, 0.25) is 5.43 Å². The van der Waals surface area contributed by atoms with E-state index >= 15 is 0 Å². The number of nitrogens with one attached hydrogen (secondary N) is 1. The number of carbonyl (C=O) groups excluding carboxylic acids is 2. The van der Waals surface area contributed by atoms with E-state index < -0.39 is 12.1 Å². The van der Waals surface area contributed by atoms with E-state index in [2.05, 4.69) is 40.9 Å². The first kappa shape index (κ1) is 51.4. The van der Waals surface area contributed by atoms with Gasteiger partial charge in [-0.05, 0) is 64.1 Å². The van der Waals surface area contributed by atoms with Gasteiger partial charge in [0, 0.05) is 85.7 Å². The smallest absolute Gasteiger partial charge is 1.00 e. The molecule has 0 aliphatic carbocycles. The Hall–Kier alpha value is -6.28. The quantitative estimate of drug-likeness (QED) is 0.116. The molecular formula is C45H52BrN10NaO8. The minimum Gasteiger partial charge on any atom is -1.00 e. The number of aryl methyl sites for hydroxylation is 4. The van der Waals surface area contributed by atoms with Gasteiger partial charge in [0.1, 0.15) is 50.0 Å². The monoisotopic (exact) mass is 962 g/mol. The van der Waals surface area contributed by atoms with Gasteiger partial charge in [0.25, 0.3) is 0 Å². The number of rotatable bonds is 10. The topological polar surface area (TPSA) is 197 Å². The van der Waals surface area contributed by atoms with E-state index in [1.165, 1.54) is 14.2 Å². The van der Waals surface area contributed by atoms with Gasteiger partial charge in [-0.25, -0.2) is 19.1 Å². The SMILES string of the molecule is C.COC(=O)C(C)Br.COC(=O)C(C)Oc1cc(C)nc2c(-c3ccc(-n4cccn4)cc3OC)nn(C)c12.COc1cc(-n2cccn2)ccc1-c1nn(C)c2c(=O)cc(C)[nH]c12.[H-].[Na+]. The molecule has 2 atom stereocenters. The minimum atomic E-state index is -0.767. The van der Waals surface area contributed by atoms with E-state index in [1.54, 1.807) is 78.4 Å². The molecule has 2 unspecified atom stereocenters. The largest absolute Gasteiger partial charge is 1.00 e. The molecule has 0 aliphatic heterocycles. The average Bonchev–Trinajstić information content (AvgIpc) is 4.11. The Kier molecular flexibility index (Phi) is 17.8. The fourth-order valence-corrected chi connectivity index (χ4v) is 6.88. The van der Waals surface area contributed by atoms with Crippen molar-refractivity contribution in [1.29, 1.82) is 0 Å². The normalized spacial score (nSPS) is 11.4. The van der Waals surface area contributed by atoms with Gasteiger partial charge in [-0.1, -0.05) is 23.4 Å². The summed E-state index contributed by atoms with van der Waals surface area (Å²) in [7, 11) is 9.49. The number of hydrogen-bond acceptors (Lipinski definition) is 13. The van der Waals surface area contributed by atoms with Crippen molar-refractivity contribution in [2.24, 2.45) is 14.1 Å². The van der Waals surface area contributed by atoms with Crippen molar-refractivity contribution in [2.45, 2.75) is 46.1 Å². The van der Waals surface area contributed by atoms with Crippen LogP contribution >= 0.6 is 15.9 Å². The van der Waals surface area contributed by atoms with Crippen LogP contribution in [-0.4, -0.2) is 100 Å². The molecule has 65 heavy (non-hydrogen) atoms. The summed E-state index contributed by atoms with van der Waals surface area (Å²) in [6.45, 7) is 7.08. The number of nitrogens with zero attached hydrogens (tertiary/aromatic N) is 9. The number of esters is 2. The summed E-state index contributed by atoms with van der Waals surface area (Å²) >= 11 is 3.03. The van der Waals surface area contributed by atoms with Crippen LogP contribution in [0.1, 0.15) is 34.1 Å². The Labute approximate surface area is 407 Å². The zero-order valence-electron chi connectivity index (χ0n) is 38.4. The second kappa shape index (κ2) is 22.6. The number of methoxy groups -OCH3 is 4. The molecule has 2 aromatic carbocycles. The molecule has 0 saturated carbocycles. The minimum absolute atomic E-state index is 0. The molecule has 0 bridgehead atoms. The van der Waals surface area contributed by atoms with Crippen LogP contribution in [0.3, 0.4) is 0 Å². The van der Waals surface area contributed by atoms with Gasteiger partial charge in [-0.15, -0.1) is 0 Å². The molecule has 6 aromatic heterocycles. The summed E-state index contributed by atoms with van der Waals surface area (Å²) in [5, 5.41) is 17.7. The van der Waals surface area contributed by atoms with Crippen molar-refractivity contribution in [2.75, 3.05) is 28.4 Å². The number of pyridine rings is 2. The number of aromatic amines is 1. The van der Waals surface area contributed by atoms with Gasteiger partial charge in [-0.3, -0.25) is 19.0 Å². The Morgan fingerprint density at radius 3 is 1.74 bits per heavy atom. The fraction of sp³-hybridized carbons (Fsp3) is 0.289.